The molecule has 3 N–H and O–H groups in total. The fourth-order valence-corrected chi connectivity index (χ4v) is 4.56. The minimum Gasteiger partial charge on any atom is -0.368 e. The minimum absolute atomic E-state index is 0.0165. The van der Waals surface area contributed by atoms with Gasteiger partial charge in [0, 0.05) is 30.7 Å². The molecule has 3 heterocycles. The molecule has 1 aromatic carbocycles. The van der Waals surface area contributed by atoms with Crippen molar-refractivity contribution in [3.63, 3.8) is 0 Å². The topological polar surface area (TPSA) is 84.1 Å². The monoisotopic (exact) mass is 483 g/mol. The van der Waals surface area contributed by atoms with Crippen LogP contribution in [0.3, 0.4) is 0 Å². The fourth-order valence-electron chi connectivity index (χ4n) is 3.71. The van der Waals surface area contributed by atoms with E-state index < -0.39 is 35.7 Å². The quantitative estimate of drug-likeness (QED) is 0.536. The van der Waals surface area contributed by atoms with Gasteiger partial charge in [-0.15, -0.1) is 11.3 Å². The average Bonchev–Trinajstić information content (AvgIpc) is 3.23. The van der Waals surface area contributed by atoms with Crippen LogP contribution in [0.15, 0.2) is 42.0 Å². The van der Waals surface area contributed by atoms with Crippen LogP contribution < -0.4 is 16.0 Å². The number of nitrogens with zero attached hydrogens (tertiary/aromatic N) is 3. The average molecular weight is 483 g/mol. The molecule has 174 valence electrons. The van der Waals surface area contributed by atoms with E-state index in [0.717, 1.165) is 23.5 Å². The van der Waals surface area contributed by atoms with E-state index in [1.165, 1.54) is 34.8 Å². The standard InChI is InChI=1S/C21H18F5N5OS/c22-13-2-1-3-14(23)18(13)20-30-16(10-33-20)19(32)29-15-7-28-5-4-17(15)31-8-11(21(24,25)26)6-12(27)9-31/h1-5,7,10-12H,6,8-9,27H2,(H,29,32)/t11-,12+/m1/s1. The minimum atomic E-state index is -4.40. The van der Waals surface area contributed by atoms with E-state index in [-0.39, 0.29) is 41.5 Å². The number of nitrogens with two attached hydrogens (primary N) is 1. The first-order valence-electron chi connectivity index (χ1n) is 9.86. The Hall–Kier alpha value is -3.12. The molecule has 0 radical (unpaired) electrons. The molecule has 1 amide bonds. The summed E-state index contributed by atoms with van der Waals surface area (Å²) in [4.78, 5) is 22.2. The number of hydrogen-bond acceptors (Lipinski definition) is 6. The van der Waals surface area contributed by atoms with Gasteiger partial charge in [0.25, 0.3) is 5.91 Å². The largest absolute Gasteiger partial charge is 0.393 e. The van der Waals surface area contributed by atoms with E-state index in [9.17, 15) is 26.7 Å². The first-order chi connectivity index (χ1) is 15.6. The maximum atomic E-state index is 14.0. The summed E-state index contributed by atoms with van der Waals surface area (Å²) in [5, 5.41) is 3.90. The highest BCUT2D eigenvalue weighted by Crippen LogP contribution is 2.36. The first-order valence-corrected chi connectivity index (χ1v) is 10.7. The first kappa shape index (κ1) is 23.1. The number of pyridine rings is 1. The fraction of sp³-hybridized carbons (Fsp3) is 0.286. The second-order valence-corrected chi connectivity index (χ2v) is 8.48. The van der Waals surface area contributed by atoms with Gasteiger partial charge < -0.3 is 16.0 Å². The van der Waals surface area contributed by atoms with Gasteiger partial charge >= 0.3 is 6.18 Å². The van der Waals surface area contributed by atoms with Gasteiger partial charge in [0.05, 0.1) is 29.1 Å². The molecule has 0 saturated carbocycles. The molecular formula is C21H18F5N5OS. The lowest BCUT2D eigenvalue weighted by molar-refractivity contribution is -0.177. The third kappa shape index (κ3) is 4.96. The Bertz CT molecular complexity index is 1150. The molecule has 6 nitrogen and oxygen atoms in total. The van der Waals surface area contributed by atoms with Crippen LogP contribution >= 0.6 is 11.3 Å². The lowest BCUT2D eigenvalue weighted by atomic mass is 9.93. The molecule has 2 atom stereocenters. The summed E-state index contributed by atoms with van der Waals surface area (Å²) in [6.45, 7) is -0.135. The molecule has 12 heteroatoms. The van der Waals surface area contributed by atoms with Gasteiger partial charge in [-0.3, -0.25) is 9.78 Å². The molecule has 0 bridgehead atoms. The van der Waals surface area contributed by atoms with Gasteiger partial charge in [-0.1, -0.05) is 6.07 Å². The van der Waals surface area contributed by atoms with Crippen molar-refractivity contribution in [3.8, 4) is 10.6 Å². The van der Waals surface area contributed by atoms with Crippen molar-refractivity contribution in [2.45, 2.75) is 18.6 Å². The van der Waals surface area contributed by atoms with Crippen LogP contribution in [0, 0.1) is 17.6 Å². The van der Waals surface area contributed by atoms with Crippen molar-refractivity contribution in [2.75, 3.05) is 23.3 Å². The summed E-state index contributed by atoms with van der Waals surface area (Å²) >= 11 is 0.886. The molecular weight excluding hydrogens is 465 g/mol. The van der Waals surface area contributed by atoms with Crippen molar-refractivity contribution in [2.24, 2.45) is 11.7 Å². The summed E-state index contributed by atoms with van der Waals surface area (Å²) in [6.07, 6.45) is -1.87. The van der Waals surface area contributed by atoms with Gasteiger partial charge in [0.1, 0.15) is 22.3 Å². The number of carbonyl (C=O) groups is 1. The number of rotatable bonds is 4. The summed E-state index contributed by atoms with van der Waals surface area (Å²) in [7, 11) is 0. The Morgan fingerprint density at radius 2 is 1.91 bits per heavy atom. The number of hydrogen-bond donors (Lipinski definition) is 2. The van der Waals surface area contributed by atoms with Crippen molar-refractivity contribution in [1.29, 1.82) is 0 Å². The molecule has 33 heavy (non-hydrogen) atoms. The van der Waals surface area contributed by atoms with Crippen molar-refractivity contribution >= 4 is 28.6 Å². The maximum Gasteiger partial charge on any atom is 0.393 e. The summed E-state index contributed by atoms with van der Waals surface area (Å²) in [5.41, 5.74) is 5.92. The number of carbonyl (C=O) groups excluding carboxylic acids is 1. The van der Waals surface area contributed by atoms with E-state index >= 15 is 0 Å². The number of thiazole rings is 1. The van der Waals surface area contributed by atoms with E-state index in [1.807, 2.05) is 0 Å². The zero-order valence-corrected chi connectivity index (χ0v) is 17.8. The summed E-state index contributed by atoms with van der Waals surface area (Å²) < 4.78 is 68.0. The van der Waals surface area contributed by atoms with Gasteiger partial charge in [0.15, 0.2) is 0 Å². The molecule has 0 aliphatic carbocycles. The zero-order valence-electron chi connectivity index (χ0n) is 16.9. The number of piperidine rings is 1. The van der Waals surface area contributed by atoms with Gasteiger partial charge in [-0.05, 0) is 24.6 Å². The Morgan fingerprint density at radius 1 is 1.18 bits per heavy atom. The van der Waals surface area contributed by atoms with E-state index in [2.05, 4.69) is 15.3 Å². The maximum absolute atomic E-state index is 14.0. The van der Waals surface area contributed by atoms with E-state index in [0.29, 0.717) is 5.69 Å². The number of nitrogens with one attached hydrogen (secondary N) is 1. The summed E-state index contributed by atoms with van der Waals surface area (Å²) in [6, 6.07) is 4.18. The molecule has 1 aliphatic rings. The van der Waals surface area contributed by atoms with Crippen LogP contribution in [-0.4, -0.2) is 41.2 Å². The number of anilines is 2. The number of alkyl halides is 3. The Balaban J connectivity index is 1.56. The van der Waals surface area contributed by atoms with Gasteiger partial charge in [-0.25, -0.2) is 13.8 Å². The van der Waals surface area contributed by atoms with Crippen molar-refractivity contribution in [1.82, 2.24) is 9.97 Å². The van der Waals surface area contributed by atoms with Crippen molar-refractivity contribution < 1.29 is 26.7 Å². The number of halogens is 5. The second kappa shape index (κ2) is 9.02. The SMILES string of the molecule is N[C@H]1C[C@@H](C(F)(F)F)CN(c2ccncc2NC(=O)c2csc(-c3c(F)cccc3F)n2)C1. The van der Waals surface area contributed by atoms with E-state index in [4.69, 9.17) is 5.73 Å². The van der Waals surface area contributed by atoms with Gasteiger partial charge in [-0.2, -0.15) is 13.2 Å². The smallest absolute Gasteiger partial charge is 0.368 e. The van der Waals surface area contributed by atoms with Crippen LogP contribution in [0.1, 0.15) is 16.9 Å². The van der Waals surface area contributed by atoms with Crippen molar-refractivity contribution in [3.05, 3.63) is 59.4 Å². The molecule has 1 fully saturated rings. The molecule has 1 saturated heterocycles. The molecule has 2 aromatic heterocycles. The third-order valence-corrected chi connectivity index (χ3v) is 6.11. The lowest BCUT2D eigenvalue weighted by Gasteiger charge is -2.39. The molecule has 3 aromatic rings. The Kier molecular flexibility index (Phi) is 6.30. The molecule has 1 aliphatic heterocycles. The Labute approximate surface area is 189 Å². The zero-order chi connectivity index (χ0) is 23.8. The highest BCUT2D eigenvalue weighted by Gasteiger charge is 2.44. The molecule has 0 spiro atoms. The van der Waals surface area contributed by atoms with Crippen LogP contribution in [0.2, 0.25) is 0 Å². The number of benzene rings is 1. The highest BCUT2D eigenvalue weighted by molar-refractivity contribution is 7.13. The molecule has 0 unspecified atom stereocenters. The van der Waals surface area contributed by atoms with Crippen LogP contribution in [-0.2, 0) is 0 Å². The second-order valence-electron chi connectivity index (χ2n) is 7.62. The normalized spacial score (nSPS) is 18.9. The summed E-state index contributed by atoms with van der Waals surface area (Å²) in [5.74, 6) is -3.93. The predicted octanol–water partition coefficient (Wildman–Crippen LogP) is 4.45. The predicted molar refractivity (Wildman–Crippen MR) is 114 cm³/mol. The van der Waals surface area contributed by atoms with E-state index in [1.54, 1.807) is 0 Å². The van der Waals surface area contributed by atoms with Crippen LogP contribution in [0.5, 0.6) is 0 Å². The van der Waals surface area contributed by atoms with Gasteiger partial charge in [0.2, 0.25) is 0 Å². The molecule has 4 rings (SSSR count). The Morgan fingerprint density at radius 3 is 2.61 bits per heavy atom. The number of amides is 1. The van der Waals surface area contributed by atoms with Crippen LogP contribution in [0.4, 0.5) is 33.3 Å². The lowest BCUT2D eigenvalue weighted by Crippen LogP contribution is -2.51. The third-order valence-electron chi connectivity index (χ3n) is 5.25. The number of aromatic nitrogens is 2. The highest BCUT2D eigenvalue weighted by atomic mass is 32.1. The van der Waals surface area contributed by atoms with Crippen LogP contribution in [0.25, 0.3) is 10.6 Å².